The van der Waals surface area contributed by atoms with Gasteiger partial charge < -0.3 is 10.5 Å². The highest BCUT2D eigenvalue weighted by molar-refractivity contribution is 14.1. The number of halogens is 1. The molecule has 0 saturated heterocycles. The highest BCUT2D eigenvalue weighted by Crippen LogP contribution is 2.29. The number of rotatable bonds is 6. The molecule has 0 heterocycles. The Morgan fingerprint density at radius 1 is 1.14 bits per heavy atom. The van der Waals surface area contributed by atoms with Crippen LogP contribution in [0.25, 0.3) is 0 Å². The number of hydrogen-bond donors (Lipinski definition) is 1. The summed E-state index contributed by atoms with van der Waals surface area (Å²) in [6.45, 7) is 0.638. The van der Waals surface area contributed by atoms with Crippen molar-refractivity contribution < 1.29 is 4.74 Å². The number of hydrogen-bond acceptors (Lipinski definition) is 3. The van der Waals surface area contributed by atoms with Crippen molar-refractivity contribution in [2.24, 2.45) is 0 Å². The number of benzene rings is 2. The first-order valence-corrected chi connectivity index (χ1v) is 7.94. The van der Waals surface area contributed by atoms with Gasteiger partial charge in [0.05, 0.1) is 27.5 Å². The maximum atomic E-state index is 8.88. The van der Waals surface area contributed by atoms with Crippen LogP contribution in [0.5, 0.6) is 5.75 Å². The maximum absolute atomic E-state index is 8.88. The van der Waals surface area contributed by atoms with Crippen LogP contribution in [0.15, 0.2) is 42.5 Å². The van der Waals surface area contributed by atoms with Gasteiger partial charge in [-0.2, -0.15) is 5.26 Å². The van der Waals surface area contributed by atoms with Gasteiger partial charge in [0.1, 0.15) is 0 Å². The zero-order chi connectivity index (χ0) is 15.1. The van der Waals surface area contributed by atoms with Crippen molar-refractivity contribution in [3.63, 3.8) is 0 Å². The summed E-state index contributed by atoms with van der Waals surface area (Å²) >= 11 is 2.15. The Hall–Kier alpha value is -1.74. The molecule has 0 radical (unpaired) electrons. The minimum absolute atomic E-state index is 0.529. The van der Waals surface area contributed by atoms with Crippen molar-refractivity contribution in [2.45, 2.75) is 19.3 Å². The van der Waals surface area contributed by atoms with Gasteiger partial charge in [0, 0.05) is 0 Å². The van der Waals surface area contributed by atoms with E-state index in [-0.39, 0.29) is 0 Å². The Morgan fingerprint density at radius 3 is 2.57 bits per heavy atom. The van der Waals surface area contributed by atoms with Gasteiger partial charge in [-0.05, 0) is 59.5 Å². The fourth-order valence-corrected chi connectivity index (χ4v) is 2.88. The number of ether oxygens (including phenoxy) is 1. The van der Waals surface area contributed by atoms with Crippen molar-refractivity contribution in [2.75, 3.05) is 12.3 Å². The predicted molar refractivity (Wildman–Crippen MR) is 93.2 cm³/mol. The summed E-state index contributed by atoms with van der Waals surface area (Å²) in [7, 11) is 0. The summed E-state index contributed by atoms with van der Waals surface area (Å²) in [4.78, 5) is 0. The van der Waals surface area contributed by atoms with E-state index in [2.05, 4.69) is 52.9 Å². The molecule has 0 aliphatic heterocycles. The molecule has 21 heavy (non-hydrogen) atoms. The largest absolute Gasteiger partial charge is 0.490 e. The van der Waals surface area contributed by atoms with Crippen LogP contribution in [-0.4, -0.2) is 6.61 Å². The highest BCUT2D eigenvalue weighted by Gasteiger charge is 2.08. The van der Waals surface area contributed by atoms with Crippen molar-refractivity contribution in [3.05, 3.63) is 57.2 Å². The topological polar surface area (TPSA) is 59.0 Å². The molecule has 0 atom stereocenters. The molecule has 4 heteroatoms. The van der Waals surface area contributed by atoms with Crippen LogP contribution in [0, 0.1) is 14.9 Å². The number of anilines is 1. The minimum Gasteiger partial charge on any atom is -0.490 e. The molecule has 2 aromatic rings. The number of nitrogens with two attached hydrogens (primary N) is 1. The number of aryl methyl sites for hydroxylation is 1. The van der Waals surface area contributed by atoms with E-state index in [1.807, 2.05) is 6.07 Å². The Bertz CT molecular complexity index is 612. The molecule has 0 saturated carbocycles. The maximum Gasteiger partial charge on any atom is 0.155 e. The molecule has 0 aromatic heterocycles. The summed E-state index contributed by atoms with van der Waals surface area (Å²) in [5, 5.41) is 8.88. The second kappa shape index (κ2) is 7.89. The monoisotopic (exact) mass is 392 g/mol. The number of nitriles is 1. The SMILES string of the molecule is N#Cc1cc(N)c(OCCCCc2ccccc2)c(I)c1. The zero-order valence-corrected chi connectivity index (χ0v) is 13.8. The summed E-state index contributed by atoms with van der Waals surface area (Å²) in [5.41, 5.74) is 8.37. The van der Waals surface area contributed by atoms with Crippen LogP contribution in [0.3, 0.4) is 0 Å². The van der Waals surface area contributed by atoms with Gasteiger partial charge in [0.2, 0.25) is 0 Å². The summed E-state index contributed by atoms with van der Waals surface area (Å²) in [6, 6.07) is 16.0. The van der Waals surface area contributed by atoms with Gasteiger partial charge in [-0.15, -0.1) is 0 Å². The smallest absolute Gasteiger partial charge is 0.155 e. The Morgan fingerprint density at radius 2 is 1.90 bits per heavy atom. The lowest BCUT2D eigenvalue weighted by Crippen LogP contribution is -2.03. The van der Waals surface area contributed by atoms with Crippen molar-refractivity contribution >= 4 is 28.3 Å². The van der Waals surface area contributed by atoms with E-state index < -0.39 is 0 Å². The molecular weight excluding hydrogens is 375 g/mol. The molecule has 2 rings (SSSR count). The molecule has 0 fully saturated rings. The van der Waals surface area contributed by atoms with Crippen molar-refractivity contribution in [1.29, 1.82) is 5.26 Å². The lowest BCUT2D eigenvalue weighted by molar-refractivity contribution is 0.306. The molecule has 0 unspecified atom stereocenters. The third-order valence-corrected chi connectivity index (χ3v) is 3.95. The fraction of sp³-hybridized carbons (Fsp3) is 0.235. The molecule has 108 valence electrons. The van der Waals surface area contributed by atoms with E-state index in [1.54, 1.807) is 12.1 Å². The standard InChI is InChI=1S/C17H17IN2O/c18-15-10-14(12-19)11-16(20)17(15)21-9-5-4-8-13-6-2-1-3-7-13/h1-3,6-7,10-11H,4-5,8-9,20H2. The normalized spacial score (nSPS) is 10.1. The molecule has 2 aromatic carbocycles. The van der Waals surface area contributed by atoms with E-state index >= 15 is 0 Å². The van der Waals surface area contributed by atoms with Crippen LogP contribution in [-0.2, 0) is 6.42 Å². The van der Waals surface area contributed by atoms with Gasteiger partial charge in [0.25, 0.3) is 0 Å². The predicted octanol–water partition coefficient (Wildman–Crippen LogP) is 4.15. The molecule has 0 amide bonds. The Balaban J connectivity index is 1.80. The third kappa shape index (κ3) is 4.64. The highest BCUT2D eigenvalue weighted by atomic mass is 127. The van der Waals surface area contributed by atoms with Crippen LogP contribution in [0.1, 0.15) is 24.0 Å². The van der Waals surface area contributed by atoms with Crippen LogP contribution >= 0.6 is 22.6 Å². The van der Waals surface area contributed by atoms with Crippen LogP contribution < -0.4 is 10.5 Å². The van der Waals surface area contributed by atoms with Gasteiger partial charge in [-0.3, -0.25) is 0 Å². The first-order valence-electron chi connectivity index (χ1n) is 6.86. The Kier molecular flexibility index (Phi) is 5.88. The molecule has 3 nitrogen and oxygen atoms in total. The van der Waals surface area contributed by atoms with Crippen LogP contribution in [0.4, 0.5) is 5.69 Å². The van der Waals surface area contributed by atoms with E-state index in [0.717, 1.165) is 22.8 Å². The zero-order valence-electron chi connectivity index (χ0n) is 11.7. The number of nitrogen functional groups attached to an aromatic ring is 1. The van der Waals surface area contributed by atoms with Crippen molar-refractivity contribution in [3.8, 4) is 11.8 Å². The van der Waals surface area contributed by atoms with E-state index in [4.69, 9.17) is 15.7 Å². The van der Waals surface area contributed by atoms with Crippen molar-refractivity contribution in [1.82, 2.24) is 0 Å². The number of unbranched alkanes of at least 4 members (excludes halogenated alkanes) is 1. The fourth-order valence-electron chi connectivity index (χ4n) is 2.08. The third-order valence-electron chi connectivity index (χ3n) is 3.15. The Labute approximate surface area is 138 Å². The van der Waals surface area contributed by atoms with E-state index in [9.17, 15) is 0 Å². The molecule has 0 aliphatic carbocycles. The van der Waals surface area contributed by atoms with Gasteiger partial charge in [-0.1, -0.05) is 30.3 Å². The van der Waals surface area contributed by atoms with Crippen LogP contribution in [0.2, 0.25) is 0 Å². The van der Waals surface area contributed by atoms with Gasteiger partial charge in [0.15, 0.2) is 5.75 Å². The summed E-state index contributed by atoms with van der Waals surface area (Å²) in [6.07, 6.45) is 3.12. The summed E-state index contributed by atoms with van der Waals surface area (Å²) < 4.78 is 6.64. The van der Waals surface area contributed by atoms with Gasteiger partial charge >= 0.3 is 0 Å². The minimum atomic E-state index is 0.529. The molecular formula is C17H17IN2O. The quantitative estimate of drug-likeness (QED) is 0.457. The molecule has 0 spiro atoms. The molecule has 0 bridgehead atoms. The lowest BCUT2D eigenvalue weighted by atomic mass is 10.1. The molecule has 0 aliphatic rings. The first kappa shape index (κ1) is 15.6. The first-order chi connectivity index (χ1) is 10.2. The lowest BCUT2D eigenvalue weighted by Gasteiger charge is -2.11. The van der Waals surface area contributed by atoms with E-state index in [0.29, 0.717) is 23.6 Å². The average molecular weight is 392 g/mol. The molecule has 2 N–H and O–H groups in total. The summed E-state index contributed by atoms with van der Waals surface area (Å²) in [5.74, 6) is 0.689. The average Bonchev–Trinajstić information content (AvgIpc) is 2.50. The number of nitrogens with zero attached hydrogens (tertiary/aromatic N) is 1. The second-order valence-electron chi connectivity index (χ2n) is 4.78. The second-order valence-corrected chi connectivity index (χ2v) is 5.94. The van der Waals surface area contributed by atoms with E-state index in [1.165, 1.54) is 5.56 Å². The van der Waals surface area contributed by atoms with Gasteiger partial charge in [-0.25, -0.2) is 0 Å².